The third-order valence-electron chi connectivity index (χ3n) is 4.30. The summed E-state index contributed by atoms with van der Waals surface area (Å²) in [4.78, 5) is -0.356. The highest BCUT2D eigenvalue weighted by molar-refractivity contribution is 9.10. The summed E-state index contributed by atoms with van der Waals surface area (Å²) in [5.74, 6) is -1.03. The van der Waals surface area contributed by atoms with Crippen molar-refractivity contribution in [3.05, 3.63) is 82.0 Å². The molecule has 4 nitrogen and oxygen atoms in total. The van der Waals surface area contributed by atoms with E-state index in [1.807, 2.05) is 6.07 Å². The highest BCUT2D eigenvalue weighted by Crippen LogP contribution is 2.39. The summed E-state index contributed by atoms with van der Waals surface area (Å²) in [5.41, 5.74) is 1.26. The van der Waals surface area contributed by atoms with Crippen molar-refractivity contribution in [1.82, 2.24) is 3.97 Å². The van der Waals surface area contributed by atoms with Gasteiger partial charge >= 0.3 is 0 Å². The molecule has 3 aromatic carbocycles. The van der Waals surface area contributed by atoms with Crippen LogP contribution in [0, 0.1) is 5.82 Å². The van der Waals surface area contributed by atoms with E-state index in [1.165, 1.54) is 30.3 Å². The second-order valence-electron chi connectivity index (χ2n) is 6.10. The van der Waals surface area contributed by atoms with Crippen LogP contribution in [-0.2, 0) is 10.0 Å². The Balaban J connectivity index is 2.11. The van der Waals surface area contributed by atoms with E-state index in [4.69, 9.17) is 11.6 Å². The van der Waals surface area contributed by atoms with E-state index < -0.39 is 21.6 Å². The lowest BCUT2D eigenvalue weighted by molar-refractivity contribution is 0.458. The minimum absolute atomic E-state index is 0.100. The molecule has 4 rings (SSSR count). The Morgan fingerprint density at radius 1 is 1.00 bits per heavy atom. The number of rotatable bonds is 3. The van der Waals surface area contributed by atoms with E-state index in [0.29, 0.717) is 21.1 Å². The largest absolute Gasteiger partial charge is 0.505 e. The Hall–Kier alpha value is -2.35. The number of benzene rings is 3. The third-order valence-corrected chi connectivity index (χ3v) is 6.79. The first-order valence-corrected chi connectivity index (χ1v) is 10.7. The number of aromatic hydroxyl groups is 1. The van der Waals surface area contributed by atoms with Gasteiger partial charge in [-0.1, -0.05) is 57.9 Å². The maximum Gasteiger partial charge on any atom is 0.272 e. The van der Waals surface area contributed by atoms with Crippen LogP contribution >= 0.6 is 27.5 Å². The van der Waals surface area contributed by atoms with Crippen LogP contribution in [0.25, 0.3) is 22.2 Å². The number of aromatic nitrogens is 1. The molecule has 142 valence electrons. The molecule has 0 amide bonds. The van der Waals surface area contributed by atoms with Crippen molar-refractivity contribution in [2.75, 3.05) is 0 Å². The van der Waals surface area contributed by atoms with Gasteiger partial charge in [-0.25, -0.2) is 16.8 Å². The summed E-state index contributed by atoms with van der Waals surface area (Å²) in [7, 11) is -4.26. The Morgan fingerprint density at radius 2 is 1.71 bits per heavy atom. The maximum atomic E-state index is 13.7. The molecule has 8 heteroatoms. The van der Waals surface area contributed by atoms with E-state index >= 15 is 0 Å². The van der Waals surface area contributed by atoms with Gasteiger partial charge in [0.15, 0.2) is 5.75 Å². The fraction of sp³-hybridized carbons (Fsp3) is 0. The first-order chi connectivity index (χ1) is 13.3. The first kappa shape index (κ1) is 19.0. The number of nitrogens with zero attached hydrogens (tertiary/aromatic N) is 1. The van der Waals surface area contributed by atoms with Gasteiger partial charge in [-0.3, -0.25) is 0 Å². The molecule has 4 aromatic rings. The second kappa shape index (κ2) is 6.92. The van der Waals surface area contributed by atoms with Crippen molar-refractivity contribution >= 4 is 48.5 Å². The average Bonchev–Trinajstić information content (AvgIpc) is 3.04. The molecule has 0 bridgehead atoms. The van der Waals surface area contributed by atoms with Crippen LogP contribution in [0.2, 0.25) is 5.02 Å². The number of halogens is 3. The van der Waals surface area contributed by atoms with Gasteiger partial charge in [-0.2, -0.15) is 0 Å². The summed E-state index contributed by atoms with van der Waals surface area (Å²) < 4.78 is 42.3. The van der Waals surface area contributed by atoms with E-state index in [-0.39, 0.29) is 15.4 Å². The molecule has 0 aliphatic carbocycles. The van der Waals surface area contributed by atoms with Crippen molar-refractivity contribution in [3.8, 4) is 17.0 Å². The normalized spacial score (nSPS) is 11.8. The van der Waals surface area contributed by atoms with Crippen molar-refractivity contribution in [2.24, 2.45) is 0 Å². The number of fused-ring (bicyclic) bond motifs is 1. The highest BCUT2D eigenvalue weighted by atomic mass is 79.9. The lowest BCUT2D eigenvalue weighted by Crippen LogP contribution is -2.14. The van der Waals surface area contributed by atoms with Gasteiger partial charge in [-0.05, 0) is 42.0 Å². The highest BCUT2D eigenvalue weighted by Gasteiger charge is 2.28. The molecule has 1 heterocycles. The third kappa shape index (κ3) is 3.09. The molecule has 0 radical (unpaired) electrons. The number of hydrogen-bond donors (Lipinski definition) is 1. The minimum atomic E-state index is -4.26. The van der Waals surface area contributed by atoms with Gasteiger partial charge in [0, 0.05) is 9.86 Å². The first-order valence-electron chi connectivity index (χ1n) is 8.09. The lowest BCUT2D eigenvalue weighted by atomic mass is 10.1. The van der Waals surface area contributed by atoms with Gasteiger partial charge < -0.3 is 5.11 Å². The molecule has 0 fully saturated rings. The Morgan fingerprint density at radius 3 is 2.43 bits per heavy atom. The van der Waals surface area contributed by atoms with Crippen molar-refractivity contribution in [1.29, 1.82) is 0 Å². The maximum absolute atomic E-state index is 13.7. The Kier molecular flexibility index (Phi) is 4.69. The van der Waals surface area contributed by atoms with E-state index in [1.54, 1.807) is 30.3 Å². The van der Waals surface area contributed by atoms with Gasteiger partial charge in [0.2, 0.25) is 0 Å². The standard InChI is InChI=1S/C20H12BrClFNO3S/c21-14-10-16(22)20(25)19(11-14)28(26,27)24-17-7-6-15(23)8-13(17)9-18(24)12-4-2-1-3-5-12/h1-11,25H. The Bertz CT molecular complexity index is 1320. The second-order valence-corrected chi connectivity index (χ2v) is 9.18. The molecule has 0 aliphatic rings. The quantitative estimate of drug-likeness (QED) is 0.403. The summed E-state index contributed by atoms with van der Waals surface area (Å²) in [6.45, 7) is 0. The predicted molar refractivity (Wildman–Crippen MR) is 111 cm³/mol. The molecule has 1 N–H and O–H groups in total. The average molecular weight is 481 g/mol. The summed E-state index contributed by atoms with van der Waals surface area (Å²) in [6, 6.07) is 17.0. The van der Waals surface area contributed by atoms with Crippen LogP contribution in [0.1, 0.15) is 0 Å². The van der Waals surface area contributed by atoms with Gasteiger partial charge in [0.1, 0.15) is 10.7 Å². The fourth-order valence-electron chi connectivity index (χ4n) is 3.07. The minimum Gasteiger partial charge on any atom is -0.505 e. The molecule has 0 atom stereocenters. The van der Waals surface area contributed by atoms with E-state index in [2.05, 4.69) is 15.9 Å². The molecule has 1 aromatic heterocycles. The van der Waals surface area contributed by atoms with Crippen LogP contribution < -0.4 is 0 Å². The number of hydrogen-bond acceptors (Lipinski definition) is 3. The number of phenols is 1. The molecular weight excluding hydrogens is 469 g/mol. The zero-order valence-electron chi connectivity index (χ0n) is 14.1. The monoisotopic (exact) mass is 479 g/mol. The zero-order chi connectivity index (χ0) is 20.1. The molecule has 0 spiro atoms. The van der Waals surface area contributed by atoms with Crippen LogP contribution in [0.15, 0.2) is 76.1 Å². The van der Waals surface area contributed by atoms with Crippen molar-refractivity contribution in [3.63, 3.8) is 0 Å². The smallest absolute Gasteiger partial charge is 0.272 e. The molecular formula is C20H12BrClFNO3S. The van der Waals surface area contributed by atoms with E-state index in [9.17, 15) is 17.9 Å². The SMILES string of the molecule is O=S(=O)(c1cc(Br)cc(Cl)c1O)n1c(-c2ccccc2)cc2cc(F)ccc21. The molecule has 0 saturated heterocycles. The van der Waals surface area contributed by atoms with Gasteiger partial charge in [-0.15, -0.1) is 0 Å². The summed E-state index contributed by atoms with van der Waals surface area (Å²) in [6.07, 6.45) is 0. The molecule has 0 saturated carbocycles. The van der Waals surface area contributed by atoms with E-state index in [0.717, 1.165) is 3.97 Å². The van der Waals surface area contributed by atoms with Crippen LogP contribution in [0.3, 0.4) is 0 Å². The molecule has 0 unspecified atom stereocenters. The van der Waals surface area contributed by atoms with Gasteiger partial charge in [0.25, 0.3) is 10.0 Å². The predicted octanol–water partition coefficient (Wildman–Crippen LogP) is 5.81. The van der Waals surface area contributed by atoms with Crippen LogP contribution in [0.4, 0.5) is 4.39 Å². The molecule has 28 heavy (non-hydrogen) atoms. The van der Waals surface area contributed by atoms with Crippen LogP contribution in [0.5, 0.6) is 5.75 Å². The number of phenolic OH excluding ortho intramolecular Hbond substituents is 1. The van der Waals surface area contributed by atoms with Crippen molar-refractivity contribution < 1.29 is 17.9 Å². The molecule has 0 aliphatic heterocycles. The zero-order valence-corrected chi connectivity index (χ0v) is 17.3. The van der Waals surface area contributed by atoms with Gasteiger partial charge in [0.05, 0.1) is 16.2 Å². The summed E-state index contributed by atoms with van der Waals surface area (Å²) in [5, 5.41) is 10.6. The topological polar surface area (TPSA) is 59.3 Å². The van der Waals surface area contributed by atoms with Crippen molar-refractivity contribution in [2.45, 2.75) is 4.90 Å². The lowest BCUT2D eigenvalue weighted by Gasteiger charge is -2.14. The summed E-state index contributed by atoms with van der Waals surface area (Å²) >= 11 is 9.19. The van der Waals surface area contributed by atoms with Crippen LogP contribution in [-0.4, -0.2) is 17.5 Å². The fourth-order valence-corrected chi connectivity index (χ4v) is 5.75. The Labute approximate surface area is 174 Å².